The Morgan fingerprint density at radius 3 is 2.27 bits per heavy atom. The maximum absolute atomic E-state index is 13.4. The summed E-state index contributed by atoms with van der Waals surface area (Å²) in [6.45, 7) is 9.17. The Bertz CT molecular complexity index is 1010. The first kappa shape index (κ1) is 24.2. The highest BCUT2D eigenvalue weighted by molar-refractivity contribution is 5.84. The largest absolute Gasteiger partial charge is 0.356 e. The predicted octanol–water partition coefficient (Wildman–Crippen LogP) is 6.11. The van der Waals surface area contributed by atoms with Crippen molar-refractivity contribution in [3.8, 4) is 0 Å². The van der Waals surface area contributed by atoms with E-state index in [9.17, 15) is 4.79 Å². The van der Waals surface area contributed by atoms with Gasteiger partial charge in [0, 0.05) is 33.0 Å². The van der Waals surface area contributed by atoms with E-state index in [-0.39, 0.29) is 23.0 Å². The lowest BCUT2D eigenvalue weighted by molar-refractivity contribution is -0.124. The molecule has 0 bridgehead atoms. The van der Waals surface area contributed by atoms with Gasteiger partial charge in [-0.15, -0.1) is 0 Å². The van der Waals surface area contributed by atoms with Crippen LogP contribution >= 0.6 is 0 Å². The van der Waals surface area contributed by atoms with E-state index in [1.807, 2.05) is 0 Å². The van der Waals surface area contributed by atoms with Crippen molar-refractivity contribution >= 4 is 5.78 Å². The molecule has 0 saturated heterocycles. The third-order valence-electron chi connectivity index (χ3n) is 8.33. The van der Waals surface area contributed by atoms with Crippen molar-refractivity contribution in [2.75, 3.05) is 14.2 Å². The Balaban J connectivity index is 1.42. The molecule has 2 aromatic carbocycles. The van der Waals surface area contributed by atoms with Crippen LogP contribution in [0.1, 0.15) is 80.3 Å². The van der Waals surface area contributed by atoms with E-state index < -0.39 is 0 Å². The van der Waals surface area contributed by atoms with Crippen LogP contribution in [0.5, 0.6) is 0 Å². The van der Waals surface area contributed by atoms with Crippen molar-refractivity contribution in [1.82, 2.24) is 0 Å². The predicted molar refractivity (Wildman–Crippen MR) is 134 cm³/mol. The number of fused-ring (bicyclic) bond motifs is 2. The molecule has 0 spiro atoms. The number of ketones is 1. The zero-order valence-electron chi connectivity index (χ0n) is 21.3. The molecule has 2 aromatic rings. The SMILES string of the molecule is COC(CCc1ccc2c(c1)C(C)(C)C(C(=O)CCc1ccc3c(c1)C(C)(C)CC3)C2)OC. The highest BCUT2D eigenvalue weighted by atomic mass is 16.7. The first-order valence-corrected chi connectivity index (χ1v) is 12.5. The van der Waals surface area contributed by atoms with Crippen LogP contribution in [-0.4, -0.2) is 26.3 Å². The van der Waals surface area contributed by atoms with Crippen molar-refractivity contribution in [2.45, 2.75) is 89.8 Å². The molecule has 0 N–H and O–H groups in total. The van der Waals surface area contributed by atoms with Crippen molar-refractivity contribution in [2.24, 2.45) is 5.92 Å². The summed E-state index contributed by atoms with van der Waals surface area (Å²) < 4.78 is 10.7. The molecule has 1 atom stereocenters. The van der Waals surface area contributed by atoms with Crippen LogP contribution in [0.25, 0.3) is 0 Å². The monoisotopic (exact) mass is 448 g/mol. The molecule has 3 heteroatoms. The average molecular weight is 449 g/mol. The van der Waals surface area contributed by atoms with Crippen LogP contribution in [0.4, 0.5) is 0 Å². The van der Waals surface area contributed by atoms with E-state index in [1.165, 1.54) is 46.2 Å². The fourth-order valence-corrected chi connectivity index (χ4v) is 6.00. The van der Waals surface area contributed by atoms with Gasteiger partial charge >= 0.3 is 0 Å². The third-order valence-corrected chi connectivity index (χ3v) is 8.33. The lowest BCUT2D eigenvalue weighted by Crippen LogP contribution is -2.31. The molecule has 0 radical (unpaired) electrons. The number of aryl methyl sites for hydroxylation is 3. The fourth-order valence-electron chi connectivity index (χ4n) is 6.00. The quantitative estimate of drug-likeness (QED) is 0.434. The maximum Gasteiger partial charge on any atom is 0.157 e. The Hall–Kier alpha value is -1.97. The summed E-state index contributed by atoms with van der Waals surface area (Å²) in [4.78, 5) is 13.4. The summed E-state index contributed by atoms with van der Waals surface area (Å²) in [5.41, 5.74) is 8.35. The number of carbonyl (C=O) groups excluding carboxylic acids is 1. The van der Waals surface area contributed by atoms with Gasteiger partial charge < -0.3 is 9.47 Å². The fraction of sp³-hybridized carbons (Fsp3) is 0.567. The molecular formula is C30H40O3. The Labute approximate surface area is 199 Å². The van der Waals surface area contributed by atoms with Crippen LogP contribution in [0.3, 0.4) is 0 Å². The summed E-state index contributed by atoms with van der Waals surface area (Å²) in [6.07, 6.45) is 6.27. The number of Topliss-reactive ketones (excluding diaryl/α,β-unsaturated/α-hetero) is 1. The van der Waals surface area contributed by atoms with Gasteiger partial charge in [-0.3, -0.25) is 4.79 Å². The topological polar surface area (TPSA) is 35.5 Å². The van der Waals surface area contributed by atoms with Gasteiger partial charge in [-0.2, -0.15) is 0 Å². The van der Waals surface area contributed by atoms with E-state index in [2.05, 4.69) is 64.1 Å². The molecular weight excluding hydrogens is 408 g/mol. The highest BCUT2D eigenvalue weighted by Gasteiger charge is 2.43. The number of ether oxygens (including phenoxy) is 2. The second-order valence-electron chi connectivity index (χ2n) is 11.3. The minimum atomic E-state index is -0.176. The zero-order chi connectivity index (χ0) is 23.8. The maximum atomic E-state index is 13.4. The van der Waals surface area contributed by atoms with Gasteiger partial charge in [-0.25, -0.2) is 0 Å². The summed E-state index contributed by atoms with van der Waals surface area (Å²) >= 11 is 0. The van der Waals surface area contributed by atoms with Crippen molar-refractivity contribution in [3.05, 3.63) is 69.8 Å². The normalized spacial score (nSPS) is 20.2. The van der Waals surface area contributed by atoms with Gasteiger partial charge in [-0.05, 0) is 76.3 Å². The van der Waals surface area contributed by atoms with Gasteiger partial charge in [0.05, 0.1) is 0 Å². The molecule has 0 heterocycles. The minimum Gasteiger partial charge on any atom is -0.356 e. The lowest BCUT2D eigenvalue weighted by Gasteiger charge is -2.28. The number of hydrogen-bond acceptors (Lipinski definition) is 3. The number of hydrogen-bond donors (Lipinski definition) is 0. The van der Waals surface area contributed by atoms with Crippen molar-refractivity contribution in [1.29, 1.82) is 0 Å². The van der Waals surface area contributed by atoms with Gasteiger partial charge in [0.15, 0.2) is 6.29 Å². The Morgan fingerprint density at radius 2 is 1.58 bits per heavy atom. The van der Waals surface area contributed by atoms with Crippen LogP contribution in [0, 0.1) is 5.92 Å². The molecule has 0 aromatic heterocycles. The van der Waals surface area contributed by atoms with Gasteiger partial charge in [-0.1, -0.05) is 64.1 Å². The van der Waals surface area contributed by atoms with Crippen LogP contribution < -0.4 is 0 Å². The second-order valence-corrected chi connectivity index (χ2v) is 11.3. The smallest absolute Gasteiger partial charge is 0.157 e. The molecule has 0 amide bonds. The molecule has 33 heavy (non-hydrogen) atoms. The molecule has 1 unspecified atom stereocenters. The minimum absolute atomic E-state index is 0.0549. The Morgan fingerprint density at radius 1 is 0.939 bits per heavy atom. The molecule has 0 saturated carbocycles. The van der Waals surface area contributed by atoms with Crippen molar-refractivity contribution in [3.63, 3.8) is 0 Å². The summed E-state index contributed by atoms with van der Waals surface area (Å²) in [7, 11) is 3.36. The molecule has 3 nitrogen and oxygen atoms in total. The molecule has 2 aliphatic carbocycles. The van der Waals surface area contributed by atoms with Gasteiger partial charge in [0.2, 0.25) is 0 Å². The number of methoxy groups -OCH3 is 2. The van der Waals surface area contributed by atoms with Gasteiger partial charge in [0.25, 0.3) is 0 Å². The Kier molecular flexibility index (Phi) is 6.85. The van der Waals surface area contributed by atoms with E-state index in [4.69, 9.17) is 9.47 Å². The molecule has 178 valence electrons. The summed E-state index contributed by atoms with van der Waals surface area (Å²) in [5.74, 6) is 0.454. The molecule has 4 rings (SSSR count). The first-order valence-electron chi connectivity index (χ1n) is 12.5. The van der Waals surface area contributed by atoms with Crippen LogP contribution in [0.15, 0.2) is 36.4 Å². The average Bonchev–Trinajstić information content (AvgIpc) is 3.25. The van der Waals surface area contributed by atoms with E-state index in [1.54, 1.807) is 14.2 Å². The first-order chi connectivity index (χ1) is 15.7. The summed E-state index contributed by atoms with van der Waals surface area (Å²) in [5, 5.41) is 0. The van der Waals surface area contributed by atoms with Crippen molar-refractivity contribution < 1.29 is 14.3 Å². The third kappa shape index (κ3) is 4.81. The number of rotatable bonds is 9. The van der Waals surface area contributed by atoms with E-state index in [0.717, 1.165) is 25.7 Å². The van der Waals surface area contributed by atoms with E-state index >= 15 is 0 Å². The molecule has 0 fully saturated rings. The number of carbonyl (C=O) groups is 1. The second kappa shape index (κ2) is 9.35. The zero-order valence-corrected chi connectivity index (χ0v) is 21.3. The van der Waals surface area contributed by atoms with Crippen LogP contribution in [0.2, 0.25) is 0 Å². The summed E-state index contributed by atoms with van der Waals surface area (Å²) in [6, 6.07) is 13.6. The molecule has 0 aliphatic heterocycles. The molecule has 2 aliphatic rings. The standard InChI is InChI=1S/C30H40O3/c1-29(2)16-15-22-11-7-20(17-24(22)29)9-13-27(31)26-19-23-12-8-21(10-14-28(32-5)33-6)18-25(23)30(26,3)4/h7-8,11-12,17-18,26,28H,9-10,13-16,19H2,1-6H3. The van der Waals surface area contributed by atoms with Gasteiger partial charge in [0.1, 0.15) is 5.78 Å². The van der Waals surface area contributed by atoms with E-state index in [0.29, 0.717) is 12.2 Å². The van der Waals surface area contributed by atoms with Crippen LogP contribution in [-0.2, 0) is 50.8 Å². The lowest BCUT2D eigenvalue weighted by atomic mass is 9.75. The number of benzene rings is 2. The highest BCUT2D eigenvalue weighted by Crippen LogP contribution is 2.44.